The molecular formula is C23H33N3O4. The molecule has 0 N–H and O–H groups in total. The van der Waals surface area contributed by atoms with Gasteiger partial charge in [0, 0.05) is 37.8 Å². The molecule has 30 heavy (non-hydrogen) atoms. The van der Waals surface area contributed by atoms with Gasteiger partial charge in [0.2, 0.25) is 0 Å². The molecule has 2 aromatic rings. The van der Waals surface area contributed by atoms with Crippen LogP contribution in [0.5, 0.6) is 5.75 Å². The number of ether oxygens (including phenoxy) is 2. The number of nitrogens with zero attached hydrogens (tertiary/aromatic N) is 3. The zero-order chi connectivity index (χ0) is 21.9. The van der Waals surface area contributed by atoms with Gasteiger partial charge in [-0.25, -0.2) is 4.79 Å². The summed E-state index contributed by atoms with van der Waals surface area (Å²) in [4.78, 5) is 16.2. The van der Waals surface area contributed by atoms with E-state index in [0.29, 0.717) is 25.6 Å². The number of hydrogen-bond acceptors (Lipinski definition) is 6. The third-order valence-corrected chi connectivity index (χ3v) is 5.13. The van der Waals surface area contributed by atoms with Gasteiger partial charge in [-0.1, -0.05) is 25.1 Å². The van der Waals surface area contributed by atoms with Crippen LogP contribution in [0.2, 0.25) is 0 Å². The molecular weight excluding hydrogens is 382 g/mol. The number of benzene rings is 1. The number of hydrogen-bond donors (Lipinski definition) is 0. The summed E-state index contributed by atoms with van der Waals surface area (Å²) < 4.78 is 16.6. The Bertz CT molecular complexity index is 862. The zero-order valence-corrected chi connectivity index (χ0v) is 18.9. The summed E-state index contributed by atoms with van der Waals surface area (Å²) >= 11 is 0. The Hall–Kier alpha value is -2.54. The van der Waals surface area contributed by atoms with E-state index in [4.69, 9.17) is 14.0 Å². The summed E-state index contributed by atoms with van der Waals surface area (Å²) in [6.07, 6.45) is -0.249. The first-order valence-corrected chi connectivity index (χ1v) is 10.5. The molecule has 0 aliphatic carbocycles. The van der Waals surface area contributed by atoms with Gasteiger partial charge in [-0.15, -0.1) is 0 Å². The third-order valence-electron chi connectivity index (χ3n) is 5.13. The fourth-order valence-electron chi connectivity index (χ4n) is 3.43. The van der Waals surface area contributed by atoms with Crippen molar-refractivity contribution in [2.75, 3.05) is 33.3 Å². The third kappa shape index (κ3) is 5.53. The standard InChI is InChI=1S/C23H33N3O4/c1-16(2)17-7-8-21(28-6)19(13-17)20-14-18(30-24-20)15-25-9-11-26(12-10-25)22(27)29-23(3,4)5/h7-8,13-14,16H,9-12,15H2,1-6H3. The normalized spacial score (nSPS) is 15.5. The molecule has 0 radical (unpaired) electrons. The van der Waals surface area contributed by atoms with Gasteiger partial charge in [-0.3, -0.25) is 4.90 Å². The Balaban J connectivity index is 1.62. The summed E-state index contributed by atoms with van der Waals surface area (Å²) in [5.74, 6) is 2.00. The van der Waals surface area contributed by atoms with E-state index in [9.17, 15) is 4.79 Å². The first-order valence-electron chi connectivity index (χ1n) is 10.5. The van der Waals surface area contributed by atoms with Crippen molar-refractivity contribution >= 4 is 6.09 Å². The van der Waals surface area contributed by atoms with Crippen LogP contribution in [0.15, 0.2) is 28.8 Å². The first kappa shape index (κ1) is 22.2. The Morgan fingerprint density at radius 1 is 1.17 bits per heavy atom. The topological polar surface area (TPSA) is 68.0 Å². The SMILES string of the molecule is COc1ccc(C(C)C)cc1-c1cc(CN2CCN(C(=O)OC(C)(C)C)CC2)on1. The first-order chi connectivity index (χ1) is 14.2. The number of methoxy groups -OCH3 is 1. The number of carbonyl (C=O) groups excluding carboxylic acids is 1. The van der Waals surface area contributed by atoms with Crippen molar-refractivity contribution in [3.8, 4) is 17.0 Å². The van der Waals surface area contributed by atoms with Crippen LogP contribution in [0.4, 0.5) is 4.79 Å². The summed E-state index contributed by atoms with van der Waals surface area (Å²) in [7, 11) is 1.67. The van der Waals surface area contributed by atoms with Crippen LogP contribution < -0.4 is 4.74 Å². The van der Waals surface area contributed by atoms with Gasteiger partial charge in [0.05, 0.1) is 13.7 Å². The molecule has 0 saturated carbocycles. The number of amides is 1. The average Bonchev–Trinajstić information content (AvgIpc) is 3.15. The highest BCUT2D eigenvalue weighted by Crippen LogP contribution is 2.32. The number of piperazine rings is 1. The van der Waals surface area contributed by atoms with Gasteiger partial charge in [0.15, 0.2) is 5.76 Å². The van der Waals surface area contributed by atoms with E-state index < -0.39 is 5.60 Å². The fourth-order valence-corrected chi connectivity index (χ4v) is 3.43. The lowest BCUT2D eigenvalue weighted by Gasteiger charge is -2.35. The minimum Gasteiger partial charge on any atom is -0.496 e. The maximum atomic E-state index is 12.2. The molecule has 2 heterocycles. The second-order valence-corrected chi connectivity index (χ2v) is 9.04. The Morgan fingerprint density at radius 2 is 1.87 bits per heavy atom. The smallest absolute Gasteiger partial charge is 0.410 e. The van der Waals surface area contributed by atoms with Crippen LogP contribution in [0.1, 0.15) is 51.9 Å². The lowest BCUT2D eigenvalue weighted by atomic mass is 9.99. The summed E-state index contributed by atoms with van der Waals surface area (Å²) in [6, 6.07) is 8.15. The molecule has 1 saturated heterocycles. The molecule has 3 rings (SSSR count). The molecule has 7 heteroatoms. The average molecular weight is 416 g/mol. The predicted molar refractivity (Wildman–Crippen MR) is 116 cm³/mol. The number of carbonyl (C=O) groups is 1. The van der Waals surface area contributed by atoms with Gasteiger partial charge in [0.25, 0.3) is 0 Å². The molecule has 1 aliphatic heterocycles. The van der Waals surface area contributed by atoms with Crippen LogP contribution >= 0.6 is 0 Å². The molecule has 0 bridgehead atoms. The van der Waals surface area contributed by atoms with Gasteiger partial charge < -0.3 is 18.9 Å². The predicted octanol–water partition coefficient (Wildman–Crippen LogP) is 4.53. The Morgan fingerprint density at radius 3 is 2.47 bits per heavy atom. The van der Waals surface area contributed by atoms with E-state index in [0.717, 1.165) is 35.9 Å². The van der Waals surface area contributed by atoms with E-state index >= 15 is 0 Å². The van der Waals surface area contributed by atoms with Crippen LogP contribution in [0.25, 0.3) is 11.3 Å². The van der Waals surface area contributed by atoms with Crippen molar-refractivity contribution in [1.29, 1.82) is 0 Å². The van der Waals surface area contributed by atoms with E-state index in [1.54, 1.807) is 12.0 Å². The van der Waals surface area contributed by atoms with Crippen molar-refractivity contribution in [1.82, 2.24) is 15.0 Å². The van der Waals surface area contributed by atoms with Gasteiger partial charge in [-0.2, -0.15) is 0 Å². The maximum Gasteiger partial charge on any atom is 0.410 e. The summed E-state index contributed by atoms with van der Waals surface area (Å²) in [5.41, 5.74) is 2.47. The molecule has 1 aliphatic rings. The maximum absolute atomic E-state index is 12.2. The molecule has 1 amide bonds. The van der Waals surface area contributed by atoms with Crippen LogP contribution in [-0.4, -0.2) is 59.9 Å². The van der Waals surface area contributed by atoms with Crippen molar-refractivity contribution in [3.05, 3.63) is 35.6 Å². The molecule has 0 spiro atoms. The quantitative estimate of drug-likeness (QED) is 0.715. The minimum atomic E-state index is -0.474. The van der Waals surface area contributed by atoms with Crippen LogP contribution in [0, 0.1) is 0 Å². The molecule has 1 aromatic carbocycles. The van der Waals surface area contributed by atoms with Crippen molar-refractivity contribution in [3.63, 3.8) is 0 Å². The highest BCUT2D eigenvalue weighted by molar-refractivity contribution is 5.69. The highest BCUT2D eigenvalue weighted by Gasteiger charge is 2.26. The monoisotopic (exact) mass is 415 g/mol. The molecule has 0 unspecified atom stereocenters. The minimum absolute atomic E-state index is 0.249. The highest BCUT2D eigenvalue weighted by atomic mass is 16.6. The molecule has 7 nitrogen and oxygen atoms in total. The lowest BCUT2D eigenvalue weighted by Crippen LogP contribution is -2.49. The van der Waals surface area contributed by atoms with Crippen LogP contribution in [0.3, 0.4) is 0 Å². The summed E-state index contributed by atoms with van der Waals surface area (Å²) in [6.45, 7) is 13.4. The Kier molecular flexibility index (Phi) is 6.71. The van der Waals surface area contributed by atoms with E-state index in [1.807, 2.05) is 32.9 Å². The fraction of sp³-hybridized carbons (Fsp3) is 0.565. The lowest BCUT2D eigenvalue weighted by molar-refractivity contribution is 0.0133. The molecule has 1 fully saturated rings. The zero-order valence-electron chi connectivity index (χ0n) is 18.9. The largest absolute Gasteiger partial charge is 0.496 e. The van der Waals surface area contributed by atoms with E-state index in [-0.39, 0.29) is 6.09 Å². The van der Waals surface area contributed by atoms with Crippen molar-refractivity contribution in [2.24, 2.45) is 0 Å². The van der Waals surface area contributed by atoms with Crippen molar-refractivity contribution in [2.45, 2.75) is 52.7 Å². The molecule has 1 aromatic heterocycles. The van der Waals surface area contributed by atoms with Crippen LogP contribution in [-0.2, 0) is 11.3 Å². The molecule has 0 atom stereocenters. The second-order valence-electron chi connectivity index (χ2n) is 9.04. The van der Waals surface area contributed by atoms with Gasteiger partial charge >= 0.3 is 6.09 Å². The summed E-state index contributed by atoms with van der Waals surface area (Å²) in [5, 5.41) is 4.28. The van der Waals surface area contributed by atoms with Crippen molar-refractivity contribution < 1.29 is 18.8 Å². The number of aromatic nitrogens is 1. The van der Waals surface area contributed by atoms with Gasteiger partial charge in [0.1, 0.15) is 17.0 Å². The van der Waals surface area contributed by atoms with Gasteiger partial charge in [-0.05, 0) is 44.4 Å². The second kappa shape index (κ2) is 9.08. The van der Waals surface area contributed by atoms with E-state index in [1.165, 1.54) is 5.56 Å². The Labute approximate surface area is 178 Å². The molecule has 164 valence electrons. The van der Waals surface area contributed by atoms with E-state index in [2.05, 4.69) is 36.0 Å². The number of rotatable bonds is 5.